The van der Waals surface area contributed by atoms with Crippen molar-refractivity contribution in [3.05, 3.63) is 29.8 Å². The molecular weight excluding hydrogens is 234 g/mol. The quantitative estimate of drug-likeness (QED) is 0.825. The van der Waals surface area contributed by atoms with Gasteiger partial charge in [-0.05, 0) is 31.2 Å². The lowest BCUT2D eigenvalue weighted by molar-refractivity contribution is -0.126. The normalized spacial score (nSPS) is 10.9. The Morgan fingerprint density at radius 2 is 1.94 bits per heavy atom. The molecule has 0 aliphatic rings. The van der Waals surface area contributed by atoms with Gasteiger partial charge in [-0.3, -0.25) is 10.1 Å². The summed E-state index contributed by atoms with van der Waals surface area (Å²) in [4.78, 5) is 22.4. The highest BCUT2D eigenvalue weighted by molar-refractivity contribution is 5.96. The first-order valence-electron chi connectivity index (χ1n) is 5.26. The van der Waals surface area contributed by atoms with Crippen LogP contribution in [0.5, 0.6) is 5.75 Å². The Morgan fingerprint density at radius 3 is 2.44 bits per heavy atom. The summed E-state index contributed by atoms with van der Waals surface area (Å²) in [6.45, 7) is 1.52. The Morgan fingerprint density at radius 1 is 1.33 bits per heavy atom. The number of nitriles is 1. The maximum Gasteiger partial charge on any atom is 0.321 e. The Kier molecular flexibility index (Phi) is 4.69. The van der Waals surface area contributed by atoms with E-state index >= 15 is 0 Å². The van der Waals surface area contributed by atoms with E-state index < -0.39 is 18.0 Å². The lowest BCUT2D eigenvalue weighted by atomic mass is 10.2. The van der Waals surface area contributed by atoms with Crippen LogP contribution in [-0.4, -0.2) is 25.1 Å². The molecule has 0 saturated heterocycles. The van der Waals surface area contributed by atoms with Crippen LogP contribution in [-0.2, 0) is 4.79 Å². The van der Waals surface area contributed by atoms with Crippen LogP contribution in [0.3, 0.4) is 0 Å². The summed E-state index contributed by atoms with van der Waals surface area (Å²) in [5.74, 6) is -0.0905. The summed E-state index contributed by atoms with van der Waals surface area (Å²) >= 11 is 0. The second kappa shape index (κ2) is 6.25. The number of carbonyl (C=O) groups excluding carboxylic acids is 2. The molecule has 1 unspecified atom stereocenters. The molecule has 1 rings (SSSR count). The van der Waals surface area contributed by atoms with Crippen molar-refractivity contribution < 1.29 is 14.3 Å². The van der Waals surface area contributed by atoms with Crippen LogP contribution >= 0.6 is 0 Å². The minimum atomic E-state index is -0.810. The number of amides is 3. The second-order valence-electron chi connectivity index (χ2n) is 3.46. The first-order valence-corrected chi connectivity index (χ1v) is 5.26. The molecule has 6 nitrogen and oxygen atoms in total. The van der Waals surface area contributed by atoms with Gasteiger partial charge < -0.3 is 10.1 Å². The van der Waals surface area contributed by atoms with Gasteiger partial charge in [-0.15, -0.1) is 0 Å². The smallest absolute Gasteiger partial charge is 0.321 e. The third-order valence-corrected chi connectivity index (χ3v) is 2.13. The Balaban J connectivity index is 2.58. The van der Waals surface area contributed by atoms with Gasteiger partial charge in [0.1, 0.15) is 5.75 Å². The van der Waals surface area contributed by atoms with Gasteiger partial charge in [0.25, 0.3) is 5.91 Å². The fourth-order valence-electron chi connectivity index (χ4n) is 1.14. The van der Waals surface area contributed by atoms with Crippen molar-refractivity contribution in [2.24, 2.45) is 0 Å². The molecule has 0 aliphatic carbocycles. The van der Waals surface area contributed by atoms with E-state index in [0.717, 1.165) is 0 Å². The molecule has 1 aromatic carbocycles. The summed E-state index contributed by atoms with van der Waals surface area (Å²) in [5.41, 5.74) is 0.504. The summed E-state index contributed by atoms with van der Waals surface area (Å²) in [6, 6.07) is 7.72. The molecule has 0 fully saturated rings. The largest absolute Gasteiger partial charge is 0.481 e. The molecule has 0 radical (unpaired) electrons. The monoisotopic (exact) mass is 247 g/mol. The van der Waals surface area contributed by atoms with Crippen molar-refractivity contribution in [1.29, 1.82) is 5.26 Å². The predicted molar refractivity (Wildman–Crippen MR) is 63.8 cm³/mol. The number of imide groups is 1. The highest BCUT2D eigenvalue weighted by atomic mass is 16.5. The van der Waals surface area contributed by atoms with Crippen molar-refractivity contribution in [3.8, 4) is 11.8 Å². The second-order valence-corrected chi connectivity index (χ2v) is 3.46. The maximum absolute atomic E-state index is 11.5. The van der Waals surface area contributed by atoms with Crippen molar-refractivity contribution in [2.75, 3.05) is 7.05 Å². The van der Waals surface area contributed by atoms with Gasteiger partial charge >= 0.3 is 6.03 Å². The van der Waals surface area contributed by atoms with Gasteiger partial charge in [0.2, 0.25) is 0 Å². The standard InChI is InChI=1S/C12H13N3O3/c1-8(11(16)15-12(17)14-2)18-10-5-3-9(7-13)4-6-10/h3-6,8H,1-2H3,(H2,14,15,16,17). The number of urea groups is 1. The number of hydrogen-bond acceptors (Lipinski definition) is 4. The number of nitrogens with one attached hydrogen (secondary N) is 2. The zero-order chi connectivity index (χ0) is 13.5. The number of rotatable bonds is 3. The van der Waals surface area contributed by atoms with Gasteiger partial charge in [0, 0.05) is 7.05 Å². The van der Waals surface area contributed by atoms with Crippen LogP contribution in [0.25, 0.3) is 0 Å². The van der Waals surface area contributed by atoms with Gasteiger partial charge in [-0.1, -0.05) is 0 Å². The number of benzene rings is 1. The van der Waals surface area contributed by atoms with Crippen LogP contribution in [0.1, 0.15) is 12.5 Å². The third kappa shape index (κ3) is 3.79. The van der Waals surface area contributed by atoms with E-state index in [1.54, 1.807) is 24.3 Å². The minimum absolute atomic E-state index is 0.452. The number of ether oxygens (including phenoxy) is 1. The zero-order valence-electron chi connectivity index (χ0n) is 10.1. The Labute approximate surface area is 105 Å². The molecule has 0 bridgehead atoms. The predicted octanol–water partition coefficient (Wildman–Crippen LogP) is 0.781. The summed E-state index contributed by atoms with van der Waals surface area (Å²) in [6.07, 6.45) is -0.810. The van der Waals surface area contributed by atoms with Gasteiger partial charge in [0.15, 0.2) is 6.10 Å². The van der Waals surface area contributed by atoms with E-state index in [1.807, 2.05) is 6.07 Å². The number of carbonyl (C=O) groups is 2. The van der Waals surface area contributed by atoms with E-state index in [4.69, 9.17) is 10.00 Å². The molecule has 1 atom stereocenters. The van der Waals surface area contributed by atoms with E-state index in [1.165, 1.54) is 14.0 Å². The fourth-order valence-corrected chi connectivity index (χ4v) is 1.14. The van der Waals surface area contributed by atoms with E-state index in [2.05, 4.69) is 10.6 Å². The fraction of sp³-hybridized carbons (Fsp3) is 0.250. The molecule has 0 saturated carbocycles. The van der Waals surface area contributed by atoms with Crippen molar-refractivity contribution in [2.45, 2.75) is 13.0 Å². The summed E-state index contributed by atoms with van der Waals surface area (Å²) in [7, 11) is 1.41. The molecular formula is C12H13N3O3. The maximum atomic E-state index is 11.5. The highest BCUT2D eigenvalue weighted by Gasteiger charge is 2.16. The third-order valence-electron chi connectivity index (χ3n) is 2.13. The molecule has 6 heteroatoms. The number of hydrogen-bond donors (Lipinski definition) is 2. The van der Waals surface area contributed by atoms with Crippen LogP contribution < -0.4 is 15.4 Å². The van der Waals surface area contributed by atoms with Crippen molar-refractivity contribution in [1.82, 2.24) is 10.6 Å². The lowest BCUT2D eigenvalue weighted by Crippen LogP contribution is -2.43. The van der Waals surface area contributed by atoms with E-state index in [-0.39, 0.29) is 0 Å². The van der Waals surface area contributed by atoms with Gasteiger partial charge in [-0.2, -0.15) is 5.26 Å². The Bertz CT molecular complexity index is 476. The van der Waals surface area contributed by atoms with E-state index in [0.29, 0.717) is 11.3 Å². The zero-order valence-corrected chi connectivity index (χ0v) is 10.1. The summed E-state index contributed by atoms with van der Waals surface area (Å²) < 4.78 is 5.32. The molecule has 0 aliphatic heterocycles. The van der Waals surface area contributed by atoms with Crippen molar-refractivity contribution in [3.63, 3.8) is 0 Å². The van der Waals surface area contributed by atoms with Gasteiger partial charge in [0.05, 0.1) is 11.6 Å². The SMILES string of the molecule is CNC(=O)NC(=O)C(C)Oc1ccc(C#N)cc1. The molecule has 0 spiro atoms. The number of nitrogens with zero attached hydrogens (tertiary/aromatic N) is 1. The molecule has 18 heavy (non-hydrogen) atoms. The van der Waals surface area contributed by atoms with Crippen LogP contribution in [0.15, 0.2) is 24.3 Å². The van der Waals surface area contributed by atoms with E-state index in [9.17, 15) is 9.59 Å². The molecule has 94 valence electrons. The average molecular weight is 247 g/mol. The van der Waals surface area contributed by atoms with Crippen LogP contribution in [0.2, 0.25) is 0 Å². The molecule has 0 heterocycles. The Hall–Kier alpha value is -2.55. The highest BCUT2D eigenvalue weighted by Crippen LogP contribution is 2.13. The molecule has 2 N–H and O–H groups in total. The van der Waals surface area contributed by atoms with Crippen LogP contribution in [0, 0.1) is 11.3 Å². The summed E-state index contributed by atoms with van der Waals surface area (Å²) in [5, 5.41) is 13.0. The first kappa shape index (κ1) is 13.5. The van der Waals surface area contributed by atoms with Crippen molar-refractivity contribution >= 4 is 11.9 Å². The molecule has 3 amide bonds. The average Bonchev–Trinajstić information content (AvgIpc) is 2.39. The first-order chi connectivity index (χ1) is 8.56. The lowest BCUT2D eigenvalue weighted by Gasteiger charge is -2.13. The minimum Gasteiger partial charge on any atom is -0.481 e. The molecule has 1 aromatic rings. The van der Waals surface area contributed by atoms with Gasteiger partial charge in [-0.25, -0.2) is 4.79 Å². The van der Waals surface area contributed by atoms with Crippen LogP contribution in [0.4, 0.5) is 4.79 Å². The molecule has 0 aromatic heterocycles. The topological polar surface area (TPSA) is 91.2 Å².